The van der Waals surface area contributed by atoms with Crippen LogP contribution < -0.4 is 10.3 Å². The van der Waals surface area contributed by atoms with E-state index in [9.17, 15) is 4.79 Å². The fraction of sp³-hybridized carbons (Fsp3) is 0.267. The molecular weight excluding hydrogens is 254 g/mol. The molecule has 2 aromatic rings. The number of hydrogen-bond donors (Lipinski definition) is 0. The van der Waals surface area contributed by atoms with Crippen LogP contribution in [0.15, 0.2) is 29.1 Å². The molecule has 1 aromatic heterocycles. The summed E-state index contributed by atoms with van der Waals surface area (Å²) in [5, 5.41) is 13.0. The van der Waals surface area contributed by atoms with Crippen molar-refractivity contribution in [2.24, 2.45) is 0 Å². The average molecular weight is 269 g/mol. The van der Waals surface area contributed by atoms with Gasteiger partial charge < -0.3 is 4.74 Å². The van der Waals surface area contributed by atoms with Crippen molar-refractivity contribution >= 4 is 0 Å². The summed E-state index contributed by atoms with van der Waals surface area (Å²) in [4.78, 5) is 11.9. The van der Waals surface area contributed by atoms with Crippen LogP contribution >= 0.6 is 0 Å². The highest BCUT2D eigenvalue weighted by molar-refractivity contribution is 5.36. The van der Waals surface area contributed by atoms with Crippen molar-refractivity contribution in [2.45, 2.75) is 20.4 Å². The quantitative estimate of drug-likeness (QED) is 0.852. The number of benzene rings is 1. The molecule has 1 aromatic carbocycles. The number of nitriles is 1. The summed E-state index contributed by atoms with van der Waals surface area (Å²) in [5.41, 5.74) is 2.56. The molecule has 0 fully saturated rings. The summed E-state index contributed by atoms with van der Waals surface area (Å²) < 4.78 is 6.56. The van der Waals surface area contributed by atoms with Gasteiger partial charge in [-0.2, -0.15) is 10.4 Å². The Morgan fingerprint density at radius 3 is 2.70 bits per heavy atom. The van der Waals surface area contributed by atoms with Crippen LogP contribution in [0.3, 0.4) is 0 Å². The summed E-state index contributed by atoms with van der Waals surface area (Å²) in [6.07, 6.45) is 0. The largest absolute Gasteiger partial charge is 0.496 e. The molecule has 0 radical (unpaired) electrons. The Morgan fingerprint density at radius 1 is 1.35 bits per heavy atom. The molecule has 0 bridgehead atoms. The highest BCUT2D eigenvalue weighted by atomic mass is 16.5. The molecule has 0 aliphatic rings. The van der Waals surface area contributed by atoms with Gasteiger partial charge in [-0.3, -0.25) is 4.79 Å². The SMILES string of the molecule is COc1ccc(Cn2nc(C)c(C#N)cc2=O)cc1C. The number of hydrogen-bond acceptors (Lipinski definition) is 4. The fourth-order valence-corrected chi connectivity index (χ4v) is 2.02. The second kappa shape index (κ2) is 5.57. The molecule has 5 nitrogen and oxygen atoms in total. The average Bonchev–Trinajstić information content (AvgIpc) is 2.42. The molecule has 0 spiro atoms. The van der Waals surface area contributed by atoms with Gasteiger partial charge in [0.2, 0.25) is 0 Å². The zero-order valence-corrected chi connectivity index (χ0v) is 11.7. The van der Waals surface area contributed by atoms with Crippen LogP contribution in [0.2, 0.25) is 0 Å². The molecule has 0 saturated heterocycles. The van der Waals surface area contributed by atoms with E-state index in [1.807, 2.05) is 31.2 Å². The van der Waals surface area contributed by atoms with E-state index in [0.29, 0.717) is 17.8 Å². The molecule has 0 aliphatic heterocycles. The van der Waals surface area contributed by atoms with E-state index < -0.39 is 0 Å². The van der Waals surface area contributed by atoms with E-state index in [1.54, 1.807) is 14.0 Å². The zero-order valence-electron chi connectivity index (χ0n) is 11.7. The predicted molar refractivity (Wildman–Crippen MR) is 74.8 cm³/mol. The first-order valence-corrected chi connectivity index (χ1v) is 6.17. The van der Waals surface area contributed by atoms with Crippen LogP contribution in [0.1, 0.15) is 22.4 Å². The fourth-order valence-electron chi connectivity index (χ4n) is 2.02. The van der Waals surface area contributed by atoms with E-state index in [0.717, 1.165) is 16.9 Å². The third kappa shape index (κ3) is 2.69. The lowest BCUT2D eigenvalue weighted by molar-refractivity contribution is 0.411. The van der Waals surface area contributed by atoms with Crippen molar-refractivity contribution in [1.29, 1.82) is 5.26 Å². The molecular formula is C15H15N3O2. The van der Waals surface area contributed by atoms with Crippen LogP contribution in [0.4, 0.5) is 0 Å². The van der Waals surface area contributed by atoms with Gasteiger partial charge in [0.25, 0.3) is 5.56 Å². The van der Waals surface area contributed by atoms with E-state index in [4.69, 9.17) is 10.00 Å². The van der Waals surface area contributed by atoms with E-state index in [2.05, 4.69) is 5.10 Å². The standard InChI is InChI=1S/C15H15N3O2/c1-10-6-12(4-5-14(10)20-3)9-18-15(19)7-13(8-16)11(2)17-18/h4-7H,9H2,1-3H3. The maximum Gasteiger partial charge on any atom is 0.268 e. The minimum atomic E-state index is -0.277. The van der Waals surface area contributed by atoms with Gasteiger partial charge in [0.1, 0.15) is 11.8 Å². The van der Waals surface area contributed by atoms with Crippen LogP contribution in [0.5, 0.6) is 5.75 Å². The Hall–Kier alpha value is -2.61. The number of aryl methyl sites for hydroxylation is 2. The molecule has 1 heterocycles. The Kier molecular flexibility index (Phi) is 3.85. The van der Waals surface area contributed by atoms with Crippen LogP contribution in [0, 0.1) is 25.2 Å². The number of nitrogens with zero attached hydrogens (tertiary/aromatic N) is 3. The lowest BCUT2D eigenvalue weighted by atomic mass is 10.1. The third-order valence-corrected chi connectivity index (χ3v) is 3.09. The van der Waals surface area contributed by atoms with Crippen molar-refractivity contribution in [2.75, 3.05) is 7.11 Å². The Bertz CT molecular complexity index is 742. The first-order valence-electron chi connectivity index (χ1n) is 6.17. The molecule has 0 N–H and O–H groups in total. The van der Waals surface area contributed by atoms with Gasteiger partial charge in [0.15, 0.2) is 0 Å². The summed E-state index contributed by atoms with van der Waals surface area (Å²) in [5.74, 6) is 0.810. The summed E-state index contributed by atoms with van der Waals surface area (Å²) in [6.45, 7) is 4.03. The topological polar surface area (TPSA) is 67.9 Å². The van der Waals surface area contributed by atoms with Crippen molar-refractivity contribution in [3.63, 3.8) is 0 Å². The zero-order chi connectivity index (χ0) is 14.7. The number of ether oxygens (including phenoxy) is 1. The minimum absolute atomic E-state index is 0.277. The second-order valence-electron chi connectivity index (χ2n) is 4.56. The van der Waals surface area contributed by atoms with Gasteiger partial charge in [0, 0.05) is 6.07 Å². The van der Waals surface area contributed by atoms with Crippen molar-refractivity contribution in [1.82, 2.24) is 9.78 Å². The lowest BCUT2D eigenvalue weighted by Gasteiger charge is -2.09. The van der Waals surface area contributed by atoms with Gasteiger partial charge in [-0.25, -0.2) is 4.68 Å². The molecule has 0 amide bonds. The molecule has 102 valence electrons. The predicted octanol–water partition coefficient (Wildman–Crippen LogP) is 1.79. The third-order valence-electron chi connectivity index (χ3n) is 3.09. The van der Waals surface area contributed by atoms with Crippen LogP contribution in [-0.2, 0) is 6.54 Å². The van der Waals surface area contributed by atoms with Crippen molar-refractivity contribution in [3.8, 4) is 11.8 Å². The molecule has 0 aliphatic carbocycles. The number of methoxy groups -OCH3 is 1. The van der Waals surface area contributed by atoms with Crippen molar-refractivity contribution < 1.29 is 4.74 Å². The van der Waals surface area contributed by atoms with E-state index in [-0.39, 0.29) is 5.56 Å². The summed E-state index contributed by atoms with van der Waals surface area (Å²) in [7, 11) is 1.62. The van der Waals surface area contributed by atoms with Gasteiger partial charge in [-0.1, -0.05) is 12.1 Å². The van der Waals surface area contributed by atoms with E-state index in [1.165, 1.54) is 10.7 Å². The molecule has 0 saturated carbocycles. The summed E-state index contributed by atoms with van der Waals surface area (Å²) in [6, 6.07) is 9.00. The Morgan fingerprint density at radius 2 is 2.10 bits per heavy atom. The maximum atomic E-state index is 11.9. The molecule has 0 atom stereocenters. The highest BCUT2D eigenvalue weighted by Crippen LogP contribution is 2.18. The molecule has 5 heteroatoms. The van der Waals surface area contributed by atoms with Crippen molar-refractivity contribution in [3.05, 3.63) is 57.0 Å². The monoisotopic (exact) mass is 269 g/mol. The maximum absolute atomic E-state index is 11.9. The number of rotatable bonds is 3. The molecule has 20 heavy (non-hydrogen) atoms. The smallest absolute Gasteiger partial charge is 0.268 e. The molecule has 0 unspecified atom stereocenters. The van der Waals surface area contributed by atoms with Gasteiger partial charge >= 0.3 is 0 Å². The first kappa shape index (κ1) is 13.8. The Balaban J connectivity index is 2.36. The lowest BCUT2D eigenvalue weighted by Crippen LogP contribution is -2.24. The minimum Gasteiger partial charge on any atom is -0.496 e. The highest BCUT2D eigenvalue weighted by Gasteiger charge is 2.06. The van der Waals surface area contributed by atoms with Gasteiger partial charge in [-0.15, -0.1) is 0 Å². The van der Waals surface area contributed by atoms with Crippen LogP contribution in [-0.4, -0.2) is 16.9 Å². The summed E-state index contributed by atoms with van der Waals surface area (Å²) >= 11 is 0. The van der Waals surface area contributed by atoms with E-state index >= 15 is 0 Å². The second-order valence-corrected chi connectivity index (χ2v) is 4.56. The van der Waals surface area contributed by atoms with Gasteiger partial charge in [0.05, 0.1) is 24.9 Å². The van der Waals surface area contributed by atoms with Crippen LogP contribution in [0.25, 0.3) is 0 Å². The Labute approximate surface area is 117 Å². The normalized spacial score (nSPS) is 10.1. The van der Waals surface area contributed by atoms with Gasteiger partial charge in [-0.05, 0) is 31.0 Å². The molecule has 2 rings (SSSR count). The number of aromatic nitrogens is 2. The first-order chi connectivity index (χ1) is 9.55.